The lowest BCUT2D eigenvalue weighted by Gasteiger charge is -2.18. The van der Waals surface area contributed by atoms with Crippen LogP contribution in [-0.4, -0.2) is 7.05 Å². The lowest BCUT2D eigenvalue weighted by Crippen LogP contribution is -2.21. The van der Waals surface area contributed by atoms with E-state index in [1.54, 1.807) is 0 Å². The largest absolute Gasteiger partial charge is 0.313 e. The highest BCUT2D eigenvalue weighted by molar-refractivity contribution is 5.27. The van der Waals surface area contributed by atoms with E-state index in [2.05, 4.69) is 5.32 Å². The van der Waals surface area contributed by atoms with Gasteiger partial charge in [-0.3, -0.25) is 0 Å². The first kappa shape index (κ1) is 15.4. The molecule has 112 valence electrons. The first-order valence-electron chi connectivity index (χ1n) is 6.18. The number of rotatable bonds is 4. The van der Waals surface area contributed by atoms with Crippen LogP contribution in [0.2, 0.25) is 0 Å². The first-order valence-corrected chi connectivity index (χ1v) is 6.18. The van der Waals surface area contributed by atoms with Gasteiger partial charge in [-0.25, -0.2) is 22.0 Å². The fourth-order valence-corrected chi connectivity index (χ4v) is 2.08. The van der Waals surface area contributed by atoms with Crippen molar-refractivity contribution in [1.29, 1.82) is 0 Å². The number of nitrogens with one attached hydrogen (secondary N) is 1. The summed E-state index contributed by atoms with van der Waals surface area (Å²) in [6.45, 7) is 0. The zero-order chi connectivity index (χ0) is 15.6. The molecule has 0 aliphatic carbocycles. The Bertz CT molecular complexity index is 657. The molecule has 1 N–H and O–H groups in total. The first-order chi connectivity index (χ1) is 9.93. The van der Waals surface area contributed by atoms with Gasteiger partial charge in [0, 0.05) is 17.7 Å². The van der Waals surface area contributed by atoms with E-state index in [4.69, 9.17) is 0 Å². The van der Waals surface area contributed by atoms with Gasteiger partial charge in [-0.1, -0.05) is 12.1 Å². The van der Waals surface area contributed by atoms with Gasteiger partial charge in [0.1, 0.15) is 11.6 Å². The predicted molar refractivity (Wildman–Crippen MR) is 68.2 cm³/mol. The molecule has 1 atom stereocenters. The molecule has 0 saturated carbocycles. The summed E-state index contributed by atoms with van der Waals surface area (Å²) < 4.78 is 66.4. The van der Waals surface area contributed by atoms with Gasteiger partial charge in [-0.15, -0.1) is 0 Å². The summed E-state index contributed by atoms with van der Waals surface area (Å²) in [7, 11) is 1.48. The maximum absolute atomic E-state index is 13.8. The van der Waals surface area contributed by atoms with E-state index in [9.17, 15) is 22.0 Å². The third kappa shape index (κ3) is 3.21. The second-order valence-electron chi connectivity index (χ2n) is 4.55. The van der Waals surface area contributed by atoms with Gasteiger partial charge in [-0.05, 0) is 31.2 Å². The van der Waals surface area contributed by atoms with Crippen LogP contribution < -0.4 is 5.32 Å². The average molecular weight is 301 g/mol. The Morgan fingerprint density at radius 2 is 1.62 bits per heavy atom. The quantitative estimate of drug-likeness (QED) is 0.667. The van der Waals surface area contributed by atoms with Crippen LogP contribution in [0.1, 0.15) is 17.2 Å². The Hall–Kier alpha value is -1.95. The maximum atomic E-state index is 13.8. The van der Waals surface area contributed by atoms with Crippen molar-refractivity contribution in [2.24, 2.45) is 0 Å². The highest BCUT2D eigenvalue weighted by Gasteiger charge is 2.21. The third-order valence-corrected chi connectivity index (χ3v) is 3.23. The van der Waals surface area contributed by atoms with E-state index in [-0.39, 0.29) is 17.5 Å². The van der Waals surface area contributed by atoms with Crippen LogP contribution in [0.15, 0.2) is 30.3 Å². The number of halogens is 5. The molecule has 21 heavy (non-hydrogen) atoms. The number of benzene rings is 2. The highest BCUT2D eigenvalue weighted by atomic mass is 19.2. The summed E-state index contributed by atoms with van der Waals surface area (Å²) in [6, 6.07) is 4.14. The Morgan fingerprint density at radius 1 is 0.905 bits per heavy atom. The lowest BCUT2D eigenvalue weighted by atomic mass is 9.98. The van der Waals surface area contributed by atoms with E-state index in [1.807, 2.05) is 0 Å². The van der Waals surface area contributed by atoms with Crippen LogP contribution in [0, 0.1) is 29.1 Å². The van der Waals surface area contributed by atoms with Crippen LogP contribution in [-0.2, 0) is 6.42 Å². The topological polar surface area (TPSA) is 12.0 Å². The molecule has 0 aliphatic heterocycles. The van der Waals surface area contributed by atoms with Crippen molar-refractivity contribution in [3.8, 4) is 0 Å². The summed E-state index contributed by atoms with van der Waals surface area (Å²) in [5.41, 5.74) is 0.0139. The number of hydrogen-bond acceptors (Lipinski definition) is 1. The molecular formula is C15H12F5N. The summed E-state index contributed by atoms with van der Waals surface area (Å²) in [6.07, 6.45) is -0.0371. The average Bonchev–Trinajstić information content (AvgIpc) is 2.45. The molecule has 0 saturated heterocycles. The van der Waals surface area contributed by atoms with E-state index in [0.29, 0.717) is 6.07 Å². The van der Waals surface area contributed by atoms with Crippen molar-refractivity contribution < 1.29 is 22.0 Å². The molecule has 0 fully saturated rings. The van der Waals surface area contributed by atoms with Crippen molar-refractivity contribution in [2.45, 2.75) is 12.5 Å². The minimum absolute atomic E-state index is 0.0371. The van der Waals surface area contributed by atoms with E-state index in [0.717, 1.165) is 18.2 Å². The van der Waals surface area contributed by atoms with Gasteiger partial charge in [0.05, 0.1) is 0 Å². The zero-order valence-corrected chi connectivity index (χ0v) is 11.1. The summed E-state index contributed by atoms with van der Waals surface area (Å²) in [4.78, 5) is 0. The van der Waals surface area contributed by atoms with E-state index < -0.39 is 35.1 Å². The third-order valence-electron chi connectivity index (χ3n) is 3.23. The maximum Gasteiger partial charge on any atom is 0.194 e. The molecule has 0 aromatic heterocycles. The standard InChI is InChI=1S/C15H12F5N/c1-21-13(6-8-2-3-9(16)7-12(8)18)10-4-5-11(17)15(20)14(10)19/h2-5,7,13,21H,6H2,1H3. The van der Waals surface area contributed by atoms with Crippen molar-refractivity contribution in [3.63, 3.8) is 0 Å². The molecule has 2 aromatic rings. The highest BCUT2D eigenvalue weighted by Crippen LogP contribution is 2.25. The Labute approximate surface area is 118 Å². The second kappa shape index (κ2) is 6.22. The van der Waals surface area contributed by atoms with E-state index in [1.165, 1.54) is 13.1 Å². The molecular weight excluding hydrogens is 289 g/mol. The van der Waals surface area contributed by atoms with Crippen LogP contribution in [0.25, 0.3) is 0 Å². The molecule has 0 heterocycles. The lowest BCUT2D eigenvalue weighted by molar-refractivity contribution is 0.427. The Kier molecular flexibility index (Phi) is 4.57. The Balaban J connectivity index is 2.34. The van der Waals surface area contributed by atoms with Gasteiger partial charge in [0.15, 0.2) is 17.5 Å². The monoisotopic (exact) mass is 301 g/mol. The molecule has 1 unspecified atom stereocenters. The smallest absolute Gasteiger partial charge is 0.194 e. The molecule has 2 aromatic carbocycles. The fourth-order valence-electron chi connectivity index (χ4n) is 2.08. The molecule has 0 aliphatic rings. The van der Waals surface area contributed by atoms with Gasteiger partial charge < -0.3 is 5.32 Å². The molecule has 0 spiro atoms. The van der Waals surface area contributed by atoms with Gasteiger partial charge >= 0.3 is 0 Å². The molecule has 0 bridgehead atoms. The second-order valence-corrected chi connectivity index (χ2v) is 4.55. The van der Waals surface area contributed by atoms with Crippen molar-refractivity contribution >= 4 is 0 Å². The van der Waals surface area contributed by atoms with Crippen LogP contribution in [0.4, 0.5) is 22.0 Å². The fraction of sp³-hybridized carbons (Fsp3) is 0.200. The molecule has 2 rings (SSSR count). The van der Waals surface area contributed by atoms with Crippen LogP contribution in [0.3, 0.4) is 0 Å². The minimum atomic E-state index is -1.58. The number of hydrogen-bond donors (Lipinski definition) is 1. The van der Waals surface area contributed by atoms with Gasteiger partial charge in [-0.2, -0.15) is 0 Å². The summed E-state index contributed by atoms with van der Waals surface area (Å²) in [5, 5.41) is 2.71. The van der Waals surface area contributed by atoms with Gasteiger partial charge in [0.25, 0.3) is 0 Å². The zero-order valence-electron chi connectivity index (χ0n) is 11.1. The summed E-state index contributed by atoms with van der Waals surface area (Å²) in [5.74, 6) is -5.70. The normalized spacial score (nSPS) is 12.5. The van der Waals surface area contributed by atoms with Crippen LogP contribution >= 0.6 is 0 Å². The minimum Gasteiger partial charge on any atom is -0.313 e. The van der Waals surface area contributed by atoms with Crippen molar-refractivity contribution in [3.05, 3.63) is 70.5 Å². The van der Waals surface area contributed by atoms with E-state index >= 15 is 0 Å². The summed E-state index contributed by atoms with van der Waals surface area (Å²) >= 11 is 0. The Morgan fingerprint density at radius 3 is 2.24 bits per heavy atom. The predicted octanol–water partition coefficient (Wildman–Crippen LogP) is 3.89. The molecule has 6 heteroatoms. The van der Waals surface area contributed by atoms with Crippen molar-refractivity contribution in [2.75, 3.05) is 7.05 Å². The number of likely N-dealkylation sites (N-methyl/N-ethyl adjacent to an activating group) is 1. The molecule has 0 amide bonds. The molecule has 0 radical (unpaired) electrons. The SMILES string of the molecule is CNC(Cc1ccc(F)cc1F)c1ccc(F)c(F)c1F. The van der Waals surface area contributed by atoms with Crippen LogP contribution in [0.5, 0.6) is 0 Å². The molecule has 1 nitrogen and oxygen atoms in total. The van der Waals surface area contributed by atoms with Gasteiger partial charge in [0.2, 0.25) is 0 Å². The van der Waals surface area contributed by atoms with Crippen molar-refractivity contribution in [1.82, 2.24) is 5.32 Å².